The molecule has 150 valence electrons. The van der Waals surface area contributed by atoms with Gasteiger partial charge >= 0.3 is 0 Å². The molecule has 2 aromatic carbocycles. The Morgan fingerprint density at radius 2 is 1.89 bits per heavy atom. The van der Waals surface area contributed by atoms with Gasteiger partial charge in [0.05, 0.1) is 6.61 Å². The molecule has 0 saturated heterocycles. The van der Waals surface area contributed by atoms with Gasteiger partial charge in [0.15, 0.2) is 0 Å². The maximum absolute atomic E-state index is 13.0. The number of nitrogens with zero attached hydrogens (tertiary/aromatic N) is 1. The predicted molar refractivity (Wildman–Crippen MR) is 116 cm³/mol. The van der Waals surface area contributed by atoms with Crippen molar-refractivity contribution in [3.63, 3.8) is 0 Å². The molecular weight excluding hydrogens is 350 g/mol. The number of hydrogen-bond acceptors (Lipinski definition) is 4. The molecule has 1 heterocycles. The van der Waals surface area contributed by atoms with Crippen molar-refractivity contribution in [3.8, 4) is 5.75 Å². The molecule has 0 fully saturated rings. The summed E-state index contributed by atoms with van der Waals surface area (Å²) in [6.45, 7) is 5.50. The molecule has 1 aliphatic rings. The van der Waals surface area contributed by atoms with E-state index in [1.807, 2.05) is 54.4 Å². The fraction of sp³-hybridized carbons (Fsp3) is 0.435. The van der Waals surface area contributed by atoms with Crippen LogP contribution in [-0.4, -0.2) is 39.2 Å². The molecule has 3 rings (SSSR count). The monoisotopic (exact) mass is 381 g/mol. The van der Waals surface area contributed by atoms with Crippen LogP contribution >= 0.6 is 0 Å². The van der Waals surface area contributed by atoms with Crippen molar-refractivity contribution in [2.24, 2.45) is 0 Å². The molecule has 0 spiro atoms. The molecule has 0 unspecified atom stereocenters. The normalized spacial score (nSPS) is 13.4. The molecule has 5 heteroatoms. The number of carbonyl (C=O) groups is 1. The second-order valence-corrected chi connectivity index (χ2v) is 7.16. The molecule has 2 aromatic rings. The van der Waals surface area contributed by atoms with E-state index >= 15 is 0 Å². The Kier molecular flexibility index (Phi) is 7.31. The molecule has 0 aromatic heterocycles. The van der Waals surface area contributed by atoms with Crippen LogP contribution in [0.15, 0.2) is 42.5 Å². The van der Waals surface area contributed by atoms with Crippen LogP contribution in [0.2, 0.25) is 0 Å². The third-order valence-electron chi connectivity index (χ3n) is 5.04. The summed E-state index contributed by atoms with van der Waals surface area (Å²) in [5.41, 5.74) is 3.89. The lowest BCUT2D eigenvalue weighted by Crippen LogP contribution is -2.37. The summed E-state index contributed by atoms with van der Waals surface area (Å²) in [5, 5.41) is 6.55. The first kappa shape index (κ1) is 20.2. The van der Waals surface area contributed by atoms with Gasteiger partial charge in [0, 0.05) is 30.0 Å². The molecule has 2 N–H and O–H groups in total. The third-order valence-corrected chi connectivity index (χ3v) is 5.04. The second-order valence-electron chi connectivity index (χ2n) is 7.16. The van der Waals surface area contributed by atoms with Crippen molar-refractivity contribution in [2.45, 2.75) is 32.6 Å². The molecule has 0 saturated carbocycles. The number of ether oxygens (including phenoxy) is 1. The number of unbranched alkanes of at least 4 members (excludes halogenated alkanes) is 1. The molecule has 0 radical (unpaired) electrons. The molecule has 1 amide bonds. The first-order valence-corrected chi connectivity index (χ1v) is 10.3. The van der Waals surface area contributed by atoms with Gasteiger partial charge in [-0.15, -0.1) is 0 Å². The highest BCUT2D eigenvalue weighted by Crippen LogP contribution is 2.28. The number of rotatable bonds is 10. The van der Waals surface area contributed by atoms with E-state index in [0.717, 1.165) is 73.6 Å². The van der Waals surface area contributed by atoms with E-state index in [-0.39, 0.29) is 5.91 Å². The van der Waals surface area contributed by atoms with Crippen molar-refractivity contribution in [2.75, 3.05) is 43.5 Å². The van der Waals surface area contributed by atoms with E-state index in [9.17, 15) is 4.79 Å². The quantitative estimate of drug-likeness (QED) is 0.609. The number of fused-ring (bicyclic) bond motifs is 1. The van der Waals surface area contributed by atoms with E-state index in [1.54, 1.807) is 0 Å². The Labute approximate surface area is 168 Å². The van der Waals surface area contributed by atoms with Crippen LogP contribution in [0.1, 0.15) is 42.1 Å². The highest BCUT2D eigenvalue weighted by molar-refractivity contribution is 6.08. The zero-order valence-electron chi connectivity index (χ0n) is 17.0. The van der Waals surface area contributed by atoms with Gasteiger partial charge in [-0.05, 0) is 80.9 Å². The number of nitrogens with one attached hydrogen (secondary N) is 2. The Morgan fingerprint density at radius 1 is 1.07 bits per heavy atom. The van der Waals surface area contributed by atoms with Crippen LogP contribution in [0.25, 0.3) is 0 Å². The summed E-state index contributed by atoms with van der Waals surface area (Å²) in [4.78, 5) is 14.8. The van der Waals surface area contributed by atoms with Gasteiger partial charge in [-0.1, -0.05) is 13.3 Å². The lowest BCUT2D eigenvalue weighted by atomic mass is 9.98. The van der Waals surface area contributed by atoms with Gasteiger partial charge < -0.3 is 20.3 Å². The molecule has 0 atom stereocenters. The van der Waals surface area contributed by atoms with E-state index in [0.29, 0.717) is 6.54 Å². The Balaban J connectivity index is 1.63. The van der Waals surface area contributed by atoms with E-state index in [4.69, 9.17) is 4.74 Å². The summed E-state index contributed by atoms with van der Waals surface area (Å²) in [7, 11) is 1.96. The Hall–Kier alpha value is -2.53. The number of benzene rings is 2. The number of carbonyl (C=O) groups excluding carboxylic acids is 1. The minimum absolute atomic E-state index is 0.0658. The number of amides is 1. The fourth-order valence-corrected chi connectivity index (χ4v) is 3.39. The van der Waals surface area contributed by atoms with Crippen LogP contribution in [0.4, 0.5) is 11.4 Å². The minimum Gasteiger partial charge on any atom is -0.494 e. The van der Waals surface area contributed by atoms with Gasteiger partial charge in [-0.2, -0.15) is 0 Å². The van der Waals surface area contributed by atoms with Crippen LogP contribution in [0.5, 0.6) is 5.75 Å². The van der Waals surface area contributed by atoms with Crippen molar-refractivity contribution in [3.05, 3.63) is 53.6 Å². The Bertz CT molecular complexity index is 774. The molecule has 1 aliphatic heterocycles. The van der Waals surface area contributed by atoms with Gasteiger partial charge in [-0.25, -0.2) is 0 Å². The SMILES string of the molecule is CCCCOc1ccc2c(c1)CCN(c1ccc(NCCCNC)cc1)C2=O. The fourth-order valence-electron chi connectivity index (χ4n) is 3.39. The minimum atomic E-state index is 0.0658. The van der Waals surface area contributed by atoms with Crippen LogP contribution in [0, 0.1) is 0 Å². The average Bonchev–Trinajstić information content (AvgIpc) is 2.72. The zero-order chi connectivity index (χ0) is 19.8. The average molecular weight is 382 g/mol. The van der Waals surface area contributed by atoms with Gasteiger partial charge in [-0.3, -0.25) is 4.79 Å². The molecule has 28 heavy (non-hydrogen) atoms. The third kappa shape index (κ3) is 5.04. The van der Waals surface area contributed by atoms with Gasteiger partial charge in [0.25, 0.3) is 5.91 Å². The lowest BCUT2D eigenvalue weighted by Gasteiger charge is -2.29. The summed E-state index contributed by atoms with van der Waals surface area (Å²) in [6.07, 6.45) is 4.08. The van der Waals surface area contributed by atoms with Crippen LogP contribution in [-0.2, 0) is 6.42 Å². The van der Waals surface area contributed by atoms with E-state index in [1.165, 1.54) is 0 Å². The standard InChI is InChI=1S/C23H31N3O2/c1-3-4-16-28-21-10-11-22-18(17-21)12-15-26(23(22)27)20-8-6-19(7-9-20)25-14-5-13-24-2/h6-11,17,24-25H,3-5,12-16H2,1-2H3. The summed E-state index contributed by atoms with van der Waals surface area (Å²) in [5.74, 6) is 0.929. The first-order chi connectivity index (χ1) is 13.7. The van der Waals surface area contributed by atoms with Crippen molar-refractivity contribution in [1.82, 2.24) is 5.32 Å². The lowest BCUT2D eigenvalue weighted by molar-refractivity contribution is 0.0980. The highest BCUT2D eigenvalue weighted by Gasteiger charge is 2.25. The number of anilines is 2. The largest absolute Gasteiger partial charge is 0.494 e. The maximum atomic E-state index is 13.0. The van der Waals surface area contributed by atoms with Crippen molar-refractivity contribution >= 4 is 17.3 Å². The summed E-state index contributed by atoms with van der Waals surface area (Å²) < 4.78 is 5.78. The summed E-state index contributed by atoms with van der Waals surface area (Å²) >= 11 is 0. The van der Waals surface area contributed by atoms with E-state index in [2.05, 4.69) is 17.6 Å². The van der Waals surface area contributed by atoms with Crippen LogP contribution < -0.4 is 20.3 Å². The Morgan fingerprint density at radius 3 is 2.64 bits per heavy atom. The molecule has 0 bridgehead atoms. The van der Waals surface area contributed by atoms with Crippen molar-refractivity contribution < 1.29 is 9.53 Å². The molecule has 5 nitrogen and oxygen atoms in total. The predicted octanol–water partition coefficient (Wildman–Crippen LogP) is 4.09. The summed E-state index contributed by atoms with van der Waals surface area (Å²) in [6, 6.07) is 14.0. The topological polar surface area (TPSA) is 53.6 Å². The van der Waals surface area contributed by atoms with Crippen LogP contribution in [0.3, 0.4) is 0 Å². The van der Waals surface area contributed by atoms with E-state index < -0.39 is 0 Å². The first-order valence-electron chi connectivity index (χ1n) is 10.3. The maximum Gasteiger partial charge on any atom is 0.258 e. The van der Waals surface area contributed by atoms with Gasteiger partial charge in [0.1, 0.15) is 5.75 Å². The molecular formula is C23H31N3O2. The zero-order valence-corrected chi connectivity index (χ0v) is 17.0. The highest BCUT2D eigenvalue weighted by atomic mass is 16.5. The van der Waals surface area contributed by atoms with Gasteiger partial charge in [0.2, 0.25) is 0 Å². The number of hydrogen-bond donors (Lipinski definition) is 2. The second kappa shape index (κ2) is 10.1. The molecule has 0 aliphatic carbocycles. The smallest absolute Gasteiger partial charge is 0.258 e. The van der Waals surface area contributed by atoms with Crippen molar-refractivity contribution in [1.29, 1.82) is 0 Å².